The first kappa shape index (κ1) is 13.4. The largest absolute Gasteiger partial charge is 0.491 e. The van der Waals surface area contributed by atoms with E-state index in [1.54, 1.807) is 18.3 Å². The van der Waals surface area contributed by atoms with Crippen LogP contribution in [0.1, 0.15) is 22.7 Å². The van der Waals surface area contributed by atoms with Gasteiger partial charge in [-0.05, 0) is 35.8 Å². The molecule has 1 aliphatic carbocycles. The molecule has 1 N–H and O–H groups in total. The molecule has 106 valence electrons. The van der Waals surface area contributed by atoms with Gasteiger partial charge < -0.3 is 9.84 Å². The molecule has 0 spiro atoms. The van der Waals surface area contributed by atoms with Crippen molar-refractivity contribution in [2.45, 2.75) is 12.3 Å². The zero-order chi connectivity index (χ0) is 14.7. The highest BCUT2D eigenvalue weighted by Crippen LogP contribution is 2.34. The minimum absolute atomic E-state index is 0.452. The van der Waals surface area contributed by atoms with E-state index in [0.29, 0.717) is 24.0 Å². The molecule has 0 amide bonds. The maximum Gasteiger partial charge on any atom is 0.328 e. The van der Waals surface area contributed by atoms with Gasteiger partial charge in [0, 0.05) is 12.0 Å². The first-order chi connectivity index (χ1) is 10.2. The number of rotatable bonds is 5. The van der Waals surface area contributed by atoms with Gasteiger partial charge in [-0.1, -0.05) is 24.3 Å². The monoisotopic (exact) mass is 281 g/mol. The summed E-state index contributed by atoms with van der Waals surface area (Å²) in [6.07, 6.45) is 5.19. The third kappa shape index (κ3) is 3.11. The Labute approximate surface area is 122 Å². The number of hydrogen-bond donors (Lipinski definition) is 1. The lowest BCUT2D eigenvalue weighted by Gasteiger charge is -2.29. The summed E-state index contributed by atoms with van der Waals surface area (Å²) in [5.74, 6) is 0.167. The number of nitrogens with zero attached hydrogens (tertiary/aromatic N) is 1. The summed E-state index contributed by atoms with van der Waals surface area (Å²) in [4.78, 5) is 14.6. The molecule has 1 unspecified atom stereocenters. The van der Waals surface area contributed by atoms with E-state index < -0.39 is 5.97 Å². The highest BCUT2D eigenvalue weighted by Gasteiger charge is 2.25. The van der Waals surface area contributed by atoms with Crippen LogP contribution in [-0.2, 0) is 11.2 Å². The van der Waals surface area contributed by atoms with Crippen LogP contribution in [0.15, 0.2) is 48.7 Å². The normalized spacial score (nSPS) is 16.3. The number of pyridine rings is 1. The fraction of sp³-hybridized carbons (Fsp3) is 0.176. The van der Waals surface area contributed by atoms with Crippen molar-refractivity contribution >= 4 is 12.0 Å². The third-order valence-electron chi connectivity index (χ3n) is 3.57. The molecule has 2 aromatic rings. The summed E-state index contributed by atoms with van der Waals surface area (Å²) < 4.78 is 5.74. The van der Waals surface area contributed by atoms with Crippen LogP contribution in [0.3, 0.4) is 0 Å². The second-order valence-corrected chi connectivity index (χ2v) is 5.00. The van der Waals surface area contributed by atoms with E-state index in [1.807, 2.05) is 0 Å². The van der Waals surface area contributed by atoms with Crippen molar-refractivity contribution in [2.75, 3.05) is 6.61 Å². The fourth-order valence-corrected chi connectivity index (χ4v) is 2.44. The molecule has 1 heterocycles. The van der Waals surface area contributed by atoms with Crippen molar-refractivity contribution in [3.63, 3.8) is 0 Å². The van der Waals surface area contributed by atoms with E-state index in [9.17, 15) is 4.79 Å². The molecular formula is C17H15NO3. The van der Waals surface area contributed by atoms with Crippen LogP contribution in [0, 0.1) is 0 Å². The Balaban J connectivity index is 1.56. The number of ether oxygens (including phenoxy) is 1. The van der Waals surface area contributed by atoms with Gasteiger partial charge in [0.05, 0.1) is 18.5 Å². The Morgan fingerprint density at radius 2 is 2.19 bits per heavy atom. The smallest absolute Gasteiger partial charge is 0.328 e. The summed E-state index contributed by atoms with van der Waals surface area (Å²) in [5, 5.41) is 8.55. The van der Waals surface area contributed by atoms with Gasteiger partial charge in [0.1, 0.15) is 5.75 Å². The second kappa shape index (κ2) is 5.79. The second-order valence-electron chi connectivity index (χ2n) is 5.00. The Morgan fingerprint density at radius 1 is 1.33 bits per heavy atom. The highest BCUT2D eigenvalue weighted by atomic mass is 16.5. The standard InChI is InChI=1S/C17H15NO3/c19-17(20)8-6-14-5-7-15(10-18-14)21-11-13-9-12-3-1-2-4-16(12)13/h1-8,10,13H,9,11H2,(H,19,20). The minimum atomic E-state index is -0.985. The quantitative estimate of drug-likeness (QED) is 0.856. The molecule has 4 heteroatoms. The van der Waals surface area contributed by atoms with Crippen LogP contribution in [-0.4, -0.2) is 22.7 Å². The first-order valence-corrected chi connectivity index (χ1v) is 6.80. The molecule has 0 bridgehead atoms. The summed E-state index contributed by atoms with van der Waals surface area (Å²) in [7, 11) is 0. The number of carbonyl (C=O) groups is 1. The van der Waals surface area contributed by atoms with Crippen molar-refractivity contribution in [1.29, 1.82) is 0 Å². The van der Waals surface area contributed by atoms with Gasteiger partial charge in [-0.2, -0.15) is 0 Å². The zero-order valence-electron chi connectivity index (χ0n) is 11.4. The van der Waals surface area contributed by atoms with Gasteiger partial charge in [0.2, 0.25) is 0 Å². The number of aliphatic carboxylic acids is 1. The molecule has 0 saturated heterocycles. The summed E-state index contributed by atoms with van der Waals surface area (Å²) in [5.41, 5.74) is 3.36. The lowest BCUT2D eigenvalue weighted by Crippen LogP contribution is -2.23. The number of fused-ring (bicyclic) bond motifs is 1. The highest BCUT2D eigenvalue weighted by molar-refractivity contribution is 5.84. The predicted molar refractivity (Wildman–Crippen MR) is 79.3 cm³/mol. The van der Waals surface area contributed by atoms with Crippen LogP contribution >= 0.6 is 0 Å². The van der Waals surface area contributed by atoms with E-state index >= 15 is 0 Å². The average Bonchev–Trinajstić information content (AvgIpc) is 2.47. The molecule has 3 rings (SSSR count). The van der Waals surface area contributed by atoms with Crippen molar-refractivity contribution < 1.29 is 14.6 Å². The van der Waals surface area contributed by atoms with Crippen molar-refractivity contribution in [2.24, 2.45) is 0 Å². The summed E-state index contributed by atoms with van der Waals surface area (Å²) >= 11 is 0. The number of benzene rings is 1. The number of carboxylic acids is 1. The minimum Gasteiger partial charge on any atom is -0.491 e. The van der Waals surface area contributed by atoms with Crippen molar-refractivity contribution in [3.05, 3.63) is 65.5 Å². The zero-order valence-corrected chi connectivity index (χ0v) is 11.4. The number of hydrogen-bond acceptors (Lipinski definition) is 3. The van der Waals surface area contributed by atoms with Gasteiger partial charge in [-0.3, -0.25) is 4.98 Å². The van der Waals surface area contributed by atoms with Gasteiger partial charge >= 0.3 is 5.97 Å². The van der Waals surface area contributed by atoms with Gasteiger partial charge in [-0.25, -0.2) is 4.79 Å². The van der Waals surface area contributed by atoms with Crippen LogP contribution < -0.4 is 4.74 Å². The van der Waals surface area contributed by atoms with Crippen LogP contribution in [0.4, 0.5) is 0 Å². The maximum absolute atomic E-state index is 10.4. The summed E-state index contributed by atoms with van der Waals surface area (Å²) in [6.45, 7) is 0.642. The van der Waals surface area contributed by atoms with Crippen molar-refractivity contribution in [1.82, 2.24) is 4.98 Å². The molecule has 0 radical (unpaired) electrons. The molecule has 1 aromatic heterocycles. The van der Waals surface area contributed by atoms with Crippen LogP contribution in [0.5, 0.6) is 5.75 Å². The van der Waals surface area contributed by atoms with E-state index in [0.717, 1.165) is 12.5 Å². The van der Waals surface area contributed by atoms with Crippen LogP contribution in [0.25, 0.3) is 6.08 Å². The molecule has 1 atom stereocenters. The summed E-state index contributed by atoms with van der Waals surface area (Å²) in [6, 6.07) is 11.9. The Bertz CT molecular complexity index is 677. The van der Waals surface area contributed by atoms with E-state index in [4.69, 9.17) is 9.84 Å². The predicted octanol–water partition coefficient (Wildman–Crippen LogP) is 2.90. The molecular weight excluding hydrogens is 266 g/mol. The van der Waals surface area contributed by atoms with Crippen LogP contribution in [0.2, 0.25) is 0 Å². The van der Waals surface area contributed by atoms with E-state index in [-0.39, 0.29) is 0 Å². The Morgan fingerprint density at radius 3 is 2.90 bits per heavy atom. The van der Waals surface area contributed by atoms with E-state index in [2.05, 4.69) is 29.2 Å². The fourth-order valence-electron chi connectivity index (χ4n) is 2.44. The van der Waals surface area contributed by atoms with Crippen molar-refractivity contribution in [3.8, 4) is 5.75 Å². The first-order valence-electron chi connectivity index (χ1n) is 6.80. The molecule has 0 fully saturated rings. The molecule has 4 nitrogen and oxygen atoms in total. The molecule has 0 saturated carbocycles. The van der Waals surface area contributed by atoms with Gasteiger partial charge in [-0.15, -0.1) is 0 Å². The lowest BCUT2D eigenvalue weighted by molar-refractivity contribution is -0.131. The Hall–Kier alpha value is -2.62. The maximum atomic E-state index is 10.4. The third-order valence-corrected chi connectivity index (χ3v) is 3.57. The number of aromatic nitrogens is 1. The molecule has 21 heavy (non-hydrogen) atoms. The van der Waals surface area contributed by atoms with Gasteiger partial charge in [0.15, 0.2) is 0 Å². The molecule has 1 aromatic carbocycles. The Kier molecular flexibility index (Phi) is 3.69. The molecule has 0 aliphatic heterocycles. The average molecular weight is 281 g/mol. The van der Waals surface area contributed by atoms with E-state index in [1.165, 1.54) is 17.2 Å². The van der Waals surface area contributed by atoms with Gasteiger partial charge in [0.25, 0.3) is 0 Å². The SMILES string of the molecule is O=C(O)C=Cc1ccc(OCC2Cc3ccccc32)cn1. The lowest BCUT2D eigenvalue weighted by atomic mass is 9.78. The topological polar surface area (TPSA) is 59.4 Å². The molecule has 1 aliphatic rings. The number of carboxylic acid groups (broad SMARTS) is 1.